The van der Waals surface area contributed by atoms with Crippen LogP contribution in [-0.2, 0) is 12.3 Å². The zero-order valence-electron chi connectivity index (χ0n) is 12.7. The molecule has 1 aromatic heterocycles. The smallest absolute Gasteiger partial charge is 0.284 e. The Morgan fingerprint density at radius 1 is 1.12 bits per heavy atom. The third-order valence-electron chi connectivity index (χ3n) is 3.06. The molecule has 0 atom stereocenters. The number of alkyl halides is 2. The fourth-order valence-electron chi connectivity index (χ4n) is 1.92. The van der Waals surface area contributed by atoms with Gasteiger partial charge < -0.3 is 15.1 Å². The Hall–Kier alpha value is -1.57. The number of hydrogen-bond acceptors (Lipinski definition) is 4. The van der Waals surface area contributed by atoms with E-state index < -0.39 is 5.76 Å². The van der Waals surface area contributed by atoms with E-state index in [-0.39, 0.29) is 11.7 Å². The molecule has 1 aromatic carbocycles. The Balaban J connectivity index is 1.62. The van der Waals surface area contributed by atoms with E-state index in [2.05, 4.69) is 10.6 Å². The molecule has 130 valence electrons. The molecule has 2 N–H and O–H groups in total. The van der Waals surface area contributed by atoms with Crippen molar-refractivity contribution in [2.75, 3.05) is 13.1 Å². The number of carbonyl (C=O) groups excluding carboxylic acids is 1. The highest BCUT2D eigenvalue weighted by Gasteiger charge is 2.07. The second-order valence-electron chi connectivity index (χ2n) is 4.88. The number of furan rings is 1. The van der Waals surface area contributed by atoms with Gasteiger partial charge in [-0.05, 0) is 36.4 Å². The number of hydrogen-bond donors (Lipinski definition) is 2. The van der Waals surface area contributed by atoms with Crippen molar-refractivity contribution in [1.29, 1.82) is 0 Å². The van der Waals surface area contributed by atoms with E-state index >= 15 is 0 Å². The number of nitrogens with one attached hydrogen (secondary N) is 2. The van der Waals surface area contributed by atoms with Crippen molar-refractivity contribution in [1.82, 2.24) is 10.6 Å². The minimum absolute atomic E-state index is 0.148. The van der Waals surface area contributed by atoms with Gasteiger partial charge in [0, 0.05) is 23.7 Å². The van der Waals surface area contributed by atoms with Crippen LogP contribution in [0.3, 0.4) is 0 Å². The number of rotatable bonds is 9. The Labute approximate surface area is 147 Å². The summed E-state index contributed by atoms with van der Waals surface area (Å²) in [6.07, 6.45) is 0. The van der Waals surface area contributed by atoms with Gasteiger partial charge in [0.05, 0.1) is 12.3 Å². The summed E-state index contributed by atoms with van der Waals surface area (Å²) in [6, 6.07) is 10.1. The Morgan fingerprint density at radius 2 is 1.83 bits per heavy atom. The number of thioether (sulfide) groups is 1. The highest BCUT2D eigenvalue weighted by atomic mass is 35.5. The van der Waals surface area contributed by atoms with Crippen LogP contribution in [-0.4, -0.2) is 24.8 Å². The summed E-state index contributed by atoms with van der Waals surface area (Å²) < 4.78 is 29.6. The van der Waals surface area contributed by atoms with Crippen molar-refractivity contribution < 1.29 is 18.0 Å². The monoisotopic (exact) mass is 374 g/mol. The molecule has 0 aliphatic rings. The molecule has 0 aliphatic heterocycles. The van der Waals surface area contributed by atoms with E-state index in [4.69, 9.17) is 16.0 Å². The molecule has 0 unspecified atom stereocenters. The lowest BCUT2D eigenvalue weighted by Gasteiger charge is -2.06. The first kappa shape index (κ1) is 18.8. The van der Waals surface area contributed by atoms with E-state index in [0.29, 0.717) is 53.5 Å². The minimum atomic E-state index is -2.40. The van der Waals surface area contributed by atoms with Gasteiger partial charge >= 0.3 is 0 Å². The summed E-state index contributed by atoms with van der Waals surface area (Å²) in [4.78, 5) is 11.9. The van der Waals surface area contributed by atoms with Crippen LogP contribution in [0, 0.1) is 0 Å². The van der Waals surface area contributed by atoms with Crippen LogP contribution in [0.4, 0.5) is 8.78 Å². The Kier molecular flexibility index (Phi) is 7.55. The van der Waals surface area contributed by atoms with E-state index in [1.165, 1.54) is 0 Å². The van der Waals surface area contributed by atoms with Gasteiger partial charge in [0.25, 0.3) is 11.7 Å². The van der Waals surface area contributed by atoms with Crippen LogP contribution >= 0.6 is 23.4 Å². The maximum absolute atomic E-state index is 12.1. The van der Waals surface area contributed by atoms with Gasteiger partial charge in [-0.3, -0.25) is 4.79 Å². The first-order valence-electron chi connectivity index (χ1n) is 7.26. The quantitative estimate of drug-likeness (QED) is 0.653. The predicted octanol–water partition coefficient (Wildman–Crippen LogP) is 3.91. The average molecular weight is 375 g/mol. The molecule has 2 rings (SSSR count). The van der Waals surface area contributed by atoms with Crippen molar-refractivity contribution in [3.05, 3.63) is 58.5 Å². The average Bonchev–Trinajstić information content (AvgIpc) is 3.01. The molecule has 1 amide bonds. The summed E-state index contributed by atoms with van der Waals surface area (Å²) in [5.41, 5.74) is 0.548. The summed E-state index contributed by atoms with van der Waals surface area (Å²) in [5, 5.41) is 6.47. The topological polar surface area (TPSA) is 54.3 Å². The first-order chi connectivity index (χ1) is 11.5. The third-order valence-corrected chi connectivity index (χ3v) is 4.02. The predicted molar refractivity (Wildman–Crippen MR) is 91.5 cm³/mol. The normalized spacial score (nSPS) is 11.0. The fourth-order valence-corrected chi connectivity index (χ4v) is 2.49. The summed E-state index contributed by atoms with van der Waals surface area (Å²) in [5.74, 6) is -1.23. The molecule has 4 nitrogen and oxygen atoms in total. The molecule has 24 heavy (non-hydrogen) atoms. The van der Waals surface area contributed by atoms with Crippen LogP contribution in [0.25, 0.3) is 0 Å². The largest absolute Gasteiger partial charge is 0.464 e. The van der Waals surface area contributed by atoms with Crippen molar-refractivity contribution >= 4 is 29.3 Å². The van der Waals surface area contributed by atoms with Crippen molar-refractivity contribution in [2.45, 2.75) is 18.1 Å². The number of benzene rings is 1. The molecule has 8 heteroatoms. The number of amides is 1. The van der Waals surface area contributed by atoms with E-state index in [9.17, 15) is 13.6 Å². The van der Waals surface area contributed by atoms with Gasteiger partial charge in [0.15, 0.2) is 0 Å². The number of carbonyl (C=O) groups is 1. The van der Waals surface area contributed by atoms with Gasteiger partial charge in [-0.25, -0.2) is 0 Å². The Morgan fingerprint density at radius 3 is 2.54 bits per heavy atom. The van der Waals surface area contributed by atoms with Gasteiger partial charge in [-0.1, -0.05) is 23.4 Å². The number of halogens is 3. The highest BCUT2D eigenvalue weighted by Crippen LogP contribution is 2.21. The molecule has 0 radical (unpaired) electrons. The molecular formula is C16H17ClF2N2O2S. The lowest BCUT2D eigenvalue weighted by Crippen LogP contribution is -2.31. The van der Waals surface area contributed by atoms with Gasteiger partial charge in [0.1, 0.15) is 11.5 Å². The molecule has 2 aromatic rings. The standard InChI is InChI=1S/C16H17ClF2N2O2S/c17-12-3-1-11(2-4-12)15(22)21-8-7-20-9-13-5-6-14(23-13)10-24-16(18)19/h1-6,16,20H,7-10H2,(H,21,22). The summed E-state index contributed by atoms with van der Waals surface area (Å²) >= 11 is 6.30. The van der Waals surface area contributed by atoms with E-state index in [1.807, 2.05) is 0 Å². The van der Waals surface area contributed by atoms with Gasteiger partial charge in [-0.2, -0.15) is 8.78 Å². The molecule has 0 aliphatic carbocycles. The molecule has 0 fully saturated rings. The molecule has 1 heterocycles. The second kappa shape index (κ2) is 9.66. The molecular weight excluding hydrogens is 358 g/mol. The maximum atomic E-state index is 12.1. The maximum Gasteiger partial charge on any atom is 0.284 e. The van der Waals surface area contributed by atoms with E-state index in [1.54, 1.807) is 36.4 Å². The SMILES string of the molecule is O=C(NCCNCc1ccc(CSC(F)F)o1)c1ccc(Cl)cc1. The minimum Gasteiger partial charge on any atom is -0.464 e. The molecule has 0 spiro atoms. The second-order valence-corrected chi connectivity index (χ2v) is 6.29. The van der Waals surface area contributed by atoms with Gasteiger partial charge in [0.2, 0.25) is 0 Å². The lowest BCUT2D eigenvalue weighted by atomic mass is 10.2. The molecule has 0 saturated heterocycles. The summed E-state index contributed by atoms with van der Waals surface area (Å²) in [7, 11) is 0. The van der Waals surface area contributed by atoms with Gasteiger partial charge in [-0.15, -0.1) is 0 Å². The lowest BCUT2D eigenvalue weighted by molar-refractivity contribution is 0.0954. The van der Waals surface area contributed by atoms with Crippen LogP contribution in [0.15, 0.2) is 40.8 Å². The summed E-state index contributed by atoms with van der Waals surface area (Å²) in [6.45, 7) is 1.48. The zero-order valence-corrected chi connectivity index (χ0v) is 14.3. The van der Waals surface area contributed by atoms with E-state index in [0.717, 1.165) is 0 Å². The highest BCUT2D eigenvalue weighted by molar-refractivity contribution is 7.98. The van der Waals surface area contributed by atoms with Crippen LogP contribution < -0.4 is 10.6 Å². The molecule has 0 saturated carbocycles. The zero-order chi connectivity index (χ0) is 17.4. The third kappa shape index (κ3) is 6.51. The van der Waals surface area contributed by atoms with Crippen molar-refractivity contribution in [2.24, 2.45) is 0 Å². The molecule has 0 bridgehead atoms. The van der Waals surface area contributed by atoms with Crippen molar-refractivity contribution in [3.8, 4) is 0 Å². The Bertz CT molecular complexity index is 650. The van der Waals surface area contributed by atoms with Crippen LogP contribution in [0.5, 0.6) is 0 Å². The van der Waals surface area contributed by atoms with Crippen LogP contribution in [0.1, 0.15) is 21.9 Å². The fraction of sp³-hybridized carbons (Fsp3) is 0.312. The first-order valence-corrected chi connectivity index (χ1v) is 8.69. The van der Waals surface area contributed by atoms with Crippen LogP contribution in [0.2, 0.25) is 5.02 Å². The van der Waals surface area contributed by atoms with Crippen molar-refractivity contribution in [3.63, 3.8) is 0 Å².